The molecule has 1 aromatic heterocycles. The lowest BCUT2D eigenvalue weighted by Gasteiger charge is -2.23. The second-order valence-corrected chi connectivity index (χ2v) is 6.13. The lowest BCUT2D eigenvalue weighted by molar-refractivity contribution is 0.0698. The van der Waals surface area contributed by atoms with Crippen LogP contribution < -0.4 is 10.2 Å². The maximum absolute atomic E-state index is 11.4. The van der Waals surface area contributed by atoms with Crippen LogP contribution in [0.4, 0.5) is 17.3 Å². The predicted molar refractivity (Wildman–Crippen MR) is 107 cm³/mol. The van der Waals surface area contributed by atoms with E-state index in [2.05, 4.69) is 39.2 Å². The Morgan fingerprint density at radius 2 is 1.78 bits per heavy atom. The normalized spacial score (nSPS) is 10.4. The van der Waals surface area contributed by atoms with Gasteiger partial charge in [0.25, 0.3) is 0 Å². The van der Waals surface area contributed by atoms with E-state index in [0.717, 1.165) is 18.9 Å². The van der Waals surface area contributed by atoms with Gasteiger partial charge in [0, 0.05) is 19.2 Å². The molecule has 0 saturated carbocycles. The van der Waals surface area contributed by atoms with E-state index in [1.54, 1.807) is 24.3 Å². The van der Waals surface area contributed by atoms with Crippen molar-refractivity contribution in [1.82, 2.24) is 9.97 Å². The van der Waals surface area contributed by atoms with Gasteiger partial charge in [-0.25, -0.2) is 14.8 Å². The van der Waals surface area contributed by atoms with Crippen molar-refractivity contribution in [1.29, 1.82) is 0 Å². The van der Waals surface area contributed by atoms with Gasteiger partial charge < -0.3 is 15.3 Å². The second kappa shape index (κ2) is 8.31. The molecule has 3 rings (SSSR count). The number of benzene rings is 2. The van der Waals surface area contributed by atoms with Crippen molar-refractivity contribution >= 4 is 23.3 Å². The number of aryl methyl sites for hydroxylation is 1. The summed E-state index contributed by atoms with van der Waals surface area (Å²) in [7, 11) is 0. The van der Waals surface area contributed by atoms with Crippen LogP contribution in [-0.2, 0) is 6.54 Å². The van der Waals surface area contributed by atoms with Crippen molar-refractivity contribution in [2.75, 3.05) is 16.8 Å². The van der Waals surface area contributed by atoms with Crippen LogP contribution in [0.2, 0.25) is 0 Å². The van der Waals surface area contributed by atoms with Crippen molar-refractivity contribution in [2.24, 2.45) is 0 Å². The van der Waals surface area contributed by atoms with E-state index in [4.69, 9.17) is 0 Å². The lowest BCUT2D eigenvalue weighted by atomic mass is 10.2. The number of aromatic carboxylic acids is 1. The summed E-state index contributed by atoms with van der Waals surface area (Å²) in [4.78, 5) is 22.5. The Kier molecular flexibility index (Phi) is 5.66. The molecule has 1 heterocycles. The first-order valence-electron chi connectivity index (χ1n) is 8.80. The van der Waals surface area contributed by atoms with Crippen molar-refractivity contribution in [2.45, 2.75) is 20.4 Å². The highest BCUT2D eigenvalue weighted by Gasteiger charge is 2.13. The second-order valence-electron chi connectivity index (χ2n) is 6.13. The maximum Gasteiger partial charge on any atom is 0.337 e. The van der Waals surface area contributed by atoms with E-state index in [-0.39, 0.29) is 5.56 Å². The average molecular weight is 362 g/mol. The highest BCUT2D eigenvalue weighted by molar-refractivity contribution is 5.95. The van der Waals surface area contributed by atoms with E-state index >= 15 is 0 Å². The minimum absolute atomic E-state index is 0.201. The highest BCUT2D eigenvalue weighted by atomic mass is 16.4. The molecule has 0 amide bonds. The molecule has 3 aromatic rings. The Bertz CT molecular complexity index is 928. The third kappa shape index (κ3) is 4.61. The molecule has 0 bridgehead atoms. The molecule has 6 nitrogen and oxygen atoms in total. The molecule has 0 unspecified atom stereocenters. The summed E-state index contributed by atoms with van der Waals surface area (Å²) in [5, 5.41) is 12.5. The number of carboxylic acids is 1. The molecular formula is C21H22N4O2. The molecule has 138 valence electrons. The molecule has 0 aliphatic rings. The Morgan fingerprint density at radius 3 is 2.48 bits per heavy atom. The van der Waals surface area contributed by atoms with Gasteiger partial charge in [-0.1, -0.05) is 42.5 Å². The minimum Gasteiger partial charge on any atom is -0.478 e. The van der Waals surface area contributed by atoms with Gasteiger partial charge in [0.1, 0.15) is 17.5 Å². The topological polar surface area (TPSA) is 78.4 Å². The van der Waals surface area contributed by atoms with Crippen LogP contribution in [-0.4, -0.2) is 27.6 Å². The van der Waals surface area contributed by atoms with Crippen molar-refractivity contribution < 1.29 is 9.90 Å². The van der Waals surface area contributed by atoms with Crippen LogP contribution in [0.25, 0.3) is 0 Å². The number of nitrogens with zero attached hydrogens (tertiary/aromatic N) is 3. The number of anilines is 3. The first-order valence-corrected chi connectivity index (χ1v) is 8.80. The molecule has 27 heavy (non-hydrogen) atoms. The number of carboxylic acid groups (broad SMARTS) is 1. The zero-order valence-corrected chi connectivity index (χ0v) is 15.4. The standard InChI is InChI=1S/C21H22N4O2/c1-3-25(14-16-9-5-4-6-10-16)20-13-19(22-15(2)23-20)24-18-12-8-7-11-17(18)21(26)27/h4-13H,3,14H2,1-2H3,(H,26,27)(H,22,23,24). The summed E-state index contributed by atoms with van der Waals surface area (Å²) in [6, 6.07) is 18.8. The van der Waals surface area contributed by atoms with Gasteiger partial charge in [0.2, 0.25) is 0 Å². The Labute approximate surface area is 158 Å². The molecule has 0 aliphatic carbocycles. The zero-order valence-electron chi connectivity index (χ0n) is 15.4. The Morgan fingerprint density at radius 1 is 1.07 bits per heavy atom. The van der Waals surface area contributed by atoms with Gasteiger partial charge in [0.15, 0.2) is 0 Å². The molecule has 0 fully saturated rings. The summed E-state index contributed by atoms with van der Waals surface area (Å²) in [6.07, 6.45) is 0. The largest absolute Gasteiger partial charge is 0.478 e. The number of hydrogen-bond acceptors (Lipinski definition) is 5. The summed E-state index contributed by atoms with van der Waals surface area (Å²) in [5.74, 6) is 1.000. The fourth-order valence-electron chi connectivity index (χ4n) is 2.85. The fourth-order valence-corrected chi connectivity index (χ4v) is 2.85. The third-order valence-electron chi connectivity index (χ3n) is 4.17. The van der Waals surface area contributed by atoms with Crippen LogP contribution in [0.15, 0.2) is 60.7 Å². The van der Waals surface area contributed by atoms with E-state index in [1.807, 2.05) is 31.2 Å². The van der Waals surface area contributed by atoms with Crippen molar-refractivity contribution in [3.8, 4) is 0 Å². The summed E-state index contributed by atoms with van der Waals surface area (Å²) >= 11 is 0. The SMILES string of the molecule is CCN(Cc1ccccc1)c1cc(Nc2ccccc2C(=O)O)nc(C)n1. The van der Waals surface area contributed by atoms with E-state index in [1.165, 1.54) is 5.56 Å². The van der Waals surface area contributed by atoms with Gasteiger partial charge in [-0.2, -0.15) is 0 Å². The van der Waals surface area contributed by atoms with Gasteiger partial charge in [-0.05, 0) is 31.5 Å². The first-order chi connectivity index (χ1) is 13.1. The number of para-hydroxylation sites is 1. The molecule has 2 aromatic carbocycles. The van der Waals surface area contributed by atoms with Crippen LogP contribution in [0.1, 0.15) is 28.7 Å². The predicted octanol–water partition coefficient (Wildman–Crippen LogP) is 4.25. The molecule has 2 N–H and O–H groups in total. The summed E-state index contributed by atoms with van der Waals surface area (Å²) in [5.41, 5.74) is 1.90. The van der Waals surface area contributed by atoms with Gasteiger partial charge in [-0.15, -0.1) is 0 Å². The van der Waals surface area contributed by atoms with Gasteiger partial charge >= 0.3 is 5.97 Å². The molecule has 0 radical (unpaired) electrons. The van der Waals surface area contributed by atoms with Crippen LogP contribution in [0.5, 0.6) is 0 Å². The molecule has 0 atom stereocenters. The highest BCUT2D eigenvalue weighted by Crippen LogP contribution is 2.23. The van der Waals surface area contributed by atoms with Gasteiger partial charge in [-0.3, -0.25) is 0 Å². The third-order valence-corrected chi connectivity index (χ3v) is 4.17. The number of rotatable bonds is 7. The molecule has 0 saturated heterocycles. The number of aromatic nitrogens is 2. The molecule has 0 spiro atoms. The average Bonchev–Trinajstić information content (AvgIpc) is 2.66. The van der Waals surface area contributed by atoms with Crippen LogP contribution >= 0.6 is 0 Å². The van der Waals surface area contributed by atoms with E-state index in [0.29, 0.717) is 17.3 Å². The monoisotopic (exact) mass is 362 g/mol. The Balaban J connectivity index is 1.89. The quantitative estimate of drug-likeness (QED) is 0.654. The lowest BCUT2D eigenvalue weighted by Crippen LogP contribution is -2.23. The number of carbonyl (C=O) groups is 1. The van der Waals surface area contributed by atoms with E-state index in [9.17, 15) is 9.90 Å². The van der Waals surface area contributed by atoms with Crippen LogP contribution in [0, 0.1) is 6.92 Å². The zero-order chi connectivity index (χ0) is 19.2. The fraction of sp³-hybridized carbons (Fsp3) is 0.190. The minimum atomic E-state index is -0.983. The Hall–Kier alpha value is -3.41. The summed E-state index contributed by atoms with van der Waals surface area (Å²) < 4.78 is 0. The smallest absolute Gasteiger partial charge is 0.337 e. The number of hydrogen-bond donors (Lipinski definition) is 2. The molecule has 6 heteroatoms. The van der Waals surface area contributed by atoms with Crippen molar-refractivity contribution in [3.63, 3.8) is 0 Å². The van der Waals surface area contributed by atoms with E-state index < -0.39 is 5.97 Å². The molecule has 0 aliphatic heterocycles. The maximum atomic E-state index is 11.4. The summed E-state index contributed by atoms with van der Waals surface area (Å²) in [6.45, 7) is 5.43. The first kappa shape index (κ1) is 18.4. The number of nitrogens with one attached hydrogen (secondary N) is 1. The van der Waals surface area contributed by atoms with Crippen LogP contribution in [0.3, 0.4) is 0 Å². The van der Waals surface area contributed by atoms with Gasteiger partial charge in [0.05, 0.1) is 11.3 Å². The molecular weight excluding hydrogens is 340 g/mol. The van der Waals surface area contributed by atoms with Crippen molar-refractivity contribution in [3.05, 3.63) is 77.6 Å².